The average molecular weight is 256 g/mol. The molecule has 3 nitrogen and oxygen atoms in total. The van der Waals surface area contributed by atoms with E-state index in [4.69, 9.17) is 0 Å². The quantitative estimate of drug-likeness (QED) is 0.749. The van der Waals surface area contributed by atoms with Crippen molar-refractivity contribution in [2.45, 2.75) is 30.8 Å². The maximum absolute atomic E-state index is 11.8. The van der Waals surface area contributed by atoms with Gasteiger partial charge in [-0.25, -0.2) is 0 Å². The van der Waals surface area contributed by atoms with Gasteiger partial charge in [-0.1, -0.05) is 6.42 Å². The van der Waals surface area contributed by atoms with Crippen LogP contribution in [0.1, 0.15) is 19.3 Å². The largest absolute Gasteiger partial charge is 0.441 e. The maximum atomic E-state index is 11.8. The Morgan fingerprint density at radius 1 is 1.44 bits per heavy atom. The van der Waals surface area contributed by atoms with Gasteiger partial charge in [0.1, 0.15) is 0 Å². The van der Waals surface area contributed by atoms with E-state index in [0.29, 0.717) is 0 Å². The van der Waals surface area contributed by atoms with Crippen molar-refractivity contribution in [1.82, 2.24) is 10.6 Å². The lowest BCUT2D eigenvalue weighted by molar-refractivity contribution is -0.123. The summed E-state index contributed by atoms with van der Waals surface area (Å²) >= 11 is -0.113. The molecule has 1 saturated heterocycles. The van der Waals surface area contributed by atoms with Crippen LogP contribution in [0.25, 0.3) is 0 Å². The SMILES string of the molecule is O=C(NCCSC(F)(F)F)[C@H]1CCCCN1. The van der Waals surface area contributed by atoms with E-state index in [1.807, 2.05) is 0 Å². The van der Waals surface area contributed by atoms with Gasteiger partial charge < -0.3 is 10.6 Å². The number of piperidine rings is 1. The van der Waals surface area contributed by atoms with Gasteiger partial charge in [0.15, 0.2) is 0 Å². The van der Waals surface area contributed by atoms with Gasteiger partial charge in [0.2, 0.25) is 5.91 Å². The summed E-state index contributed by atoms with van der Waals surface area (Å²) in [5, 5.41) is 5.54. The molecule has 0 aromatic carbocycles. The fourth-order valence-corrected chi connectivity index (χ4v) is 1.98. The Bertz CT molecular complexity index is 229. The second-order valence-electron chi connectivity index (χ2n) is 3.59. The summed E-state index contributed by atoms with van der Waals surface area (Å²) in [7, 11) is 0. The lowest BCUT2D eigenvalue weighted by Gasteiger charge is -2.22. The van der Waals surface area contributed by atoms with Crippen LogP contribution in [0.4, 0.5) is 13.2 Å². The number of nitrogens with one attached hydrogen (secondary N) is 2. The number of carbonyl (C=O) groups is 1. The monoisotopic (exact) mass is 256 g/mol. The molecule has 1 aliphatic rings. The smallest absolute Gasteiger partial charge is 0.354 e. The van der Waals surface area contributed by atoms with Crippen molar-refractivity contribution in [3.63, 3.8) is 0 Å². The van der Waals surface area contributed by atoms with Gasteiger partial charge in [-0.2, -0.15) is 13.2 Å². The first kappa shape index (κ1) is 13.6. The summed E-state index contributed by atoms with van der Waals surface area (Å²) in [6.45, 7) is 0.858. The number of hydrogen-bond donors (Lipinski definition) is 2. The third kappa shape index (κ3) is 5.60. The highest BCUT2D eigenvalue weighted by atomic mass is 32.2. The fraction of sp³-hybridized carbons (Fsp3) is 0.889. The highest BCUT2D eigenvalue weighted by Gasteiger charge is 2.27. The third-order valence-corrected chi connectivity index (χ3v) is 3.03. The first-order chi connectivity index (χ1) is 7.49. The van der Waals surface area contributed by atoms with Crippen molar-refractivity contribution in [3.8, 4) is 0 Å². The minimum atomic E-state index is -4.21. The van der Waals surface area contributed by atoms with Gasteiger partial charge >= 0.3 is 5.51 Å². The van der Waals surface area contributed by atoms with E-state index in [1.165, 1.54) is 0 Å². The lowest BCUT2D eigenvalue weighted by Crippen LogP contribution is -2.47. The number of carbonyl (C=O) groups excluding carboxylic acids is 1. The van der Waals surface area contributed by atoms with Crippen LogP contribution in [0.2, 0.25) is 0 Å². The molecule has 0 aliphatic carbocycles. The second kappa shape index (κ2) is 6.34. The van der Waals surface area contributed by atoms with Crippen LogP contribution in [-0.2, 0) is 4.79 Å². The Morgan fingerprint density at radius 2 is 2.19 bits per heavy atom. The number of rotatable bonds is 4. The topological polar surface area (TPSA) is 41.1 Å². The molecule has 7 heteroatoms. The van der Waals surface area contributed by atoms with Crippen molar-refractivity contribution in [2.24, 2.45) is 0 Å². The first-order valence-electron chi connectivity index (χ1n) is 5.21. The average Bonchev–Trinajstić information content (AvgIpc) is 2.24. The highest BCUT2D eigenvalue weighted by molar-refractivity contribution is 8.00. The van der Waals surface area contributed by atoms with Crippen LogP contribution in [0.15, 0.2) is 0 Å². The zero-order valence-electron chi connectivity index (χ0n) is 8.77. The summed E-state index contributed by atoms with van der Waals surface area (Å²) in [4.78, 5) is 11.5. The summed E-state index contributed by atoms with van der Waals surface area (Å²) in [5.74, 6) is -0.329. The maximum Gasteiger partial charge on any atom is 0.441 e. The molecule has 1 aliphatic heterocycles. The molecule has 0 saturated carbocycles. The molecule has 0 spiro atoms. The van der Waals surface area contributed by atoms with Crippen molar-refractivity contribution in [2.75, 3.05) is 18.8 Å². The molecule has 16 heavy (non-hydrogen) atoms. The molecule has 0 aromatic rings. The van der Waals surface area contributed by atoms with Crippen LogP contribution < -0.4 is 10.6 Å². The zero-order valence-corrected chi connectivity index (χ0v) is 9.59. The van der Waals surface area contributed by atoms with E-state index < -0.39 is 5.51 Å². The third-order valence-electron chi connectivity index (χ3n) is 2.29. The predicted octanol–water partition coefficient (Wildman–Crippen LogP) is 1.50. The molecule has 1 amide bonds. The molecule has 1 rings (SSSR count). The van der Waals surface area contributed by atoms with E-state index in [-0.39, 0.29) is 36.0 Å². The second-order valence-corrected chi connectivity index (χ2v) is 4.75. The molecule has 0 radical (unpaired) electrons. The molecule has 1 heterocycles. The molecular weight excluding hydrogens is 241 g/mol. The molecule has 1 atom stereocenters. The number of thioether (sulfide) groups is 1. The summed E-state index contributed by atoms with van der Waals surface area (Å²) in [5.41, 5.74) is -4.21. The van der Waals surface area contributed by atoms with E-state index in [2.05, 4.69) is 10.6 Å². The normalized spacial score (nSPS) is 21.8. The standard InChI is InChI=1S/C9H15F3N2OS/c10-9(11,12)16-6-5-14-8(15)7-3-1-2-4-13-7/h7,13H,1-6H2,(H,14,15)/t7-/m1/s1. The van der Waals surface area contributed by atoms with Gasteiger partial charge in [0.25, 0.3) is 0 Å². The first-order valence-corrected chi connectivity index (χ1v) is 6.19. The van der Waals surface area contributed by atoms with Crippen LogP contribution in [0, 0.1) is 0 Å². The Balaban J connectivity index is 2.10. The minimum absolute atomic E-state index is 0.0567. The summed E-state index contributed by atoms with van der Waals surface area (Å²) < 4.78 is 35.3. The van der Waals surface area contributed by atoms with Gasteiger partial charge in [-0.15, -0.1) is 0 Å². The van der Waals surface area contributed by atoms with E-state index in [9.17, 15) is 18.0 Å². The lowest BCUT2D eigenvalue weighted by atomic mass is 10.0. The number of halogens is 3. The van der Waals surface area contributed by atoms with Crippen LogP contribution in [0.5, 0.6) is 0 Å². The van der Waals surface area contributed by atoms with Crippen molar-refractivity contribution >= 4 is 17.7 Å². The summed E-state index contributed by atoms with van der Waals surface area (Å²) in [6, 6.07) is -0.232. The fourth-order valence-electron chi connectivity index (χ4n) is 1.54. The van der Waals surface area contributed by atoms with Crippen molar-refractivity contribution < 1.29 is 18.0 Å². The number of amides is 1. The highest BCUT2D eigenvalue weighted by Crippen LogP contribution is 2.29. The molecule has 1 fully saturated rings. The van der Waals surface area contributed by atoms with Gasteiger partial charge in [0, 0.05) is 12.3 Å². The Hall–Kier alpha value is -0.430. The van der Waals surface area contributed by atoms with E-state index in [1.54, 1.807) is 0 Å². The molecule has 2 N–H and O–H groups in total. The van der Waals surface area contributed by atoms with Crippen molar-refractivity contribution in [3.05, 3.63) is 0 Å². The Morgan fingerprint density at radius 3 is 2.75 bits per heavy atom. The van der Waals surface area contributed by atoms with Crippen molar-refractivity contribution in [1.29, 1.82) is 0 Å². The summed E-state index contributed by atoms with van der Waals surface area (Å²) in [6.07, 6.45) is 2.80. The van der Waals surface area contributed by atoms with Crippen LogP contribution >= 0.6 is 11.8 Å². The molecule has 94 valence electrons. The predicted molar refractivity (Wildman–Crippen MR) is 57.2 cm³/mol. The van der Waals surface area contributed by atoms with Crippen LogP contribution in [-0.4, -0.2) is 36.3 Å². The number of hydrogen-bond acceptors (Lipinski definition) is 3. The van der Waals surface area contributed by atoms with Gasteiger partial charge in [-0.05, 0) is 31.1 Å². The Kier molecular flexibility index (Phi) is 5.40. The van der Waals surface area contributed by atoms with E-state index >= 15 is 0 Å². The zero-order chi connectivity index (χ0) is 12.0. The van der Waals surface area contributed by atoms with Gasteiger partial charge in [-0.3, -0.25) is 4.79 Å². The minimum Gasteiger partial charge on any atom is -0.354 e. The molecule has 0 bridgehead atoms. The molecule has 0 unspecified atom stereocenters. The molecular formula is C9H15F3N2OS. The van der Waals surface area contributed by atoms with Crippen LogP contribution in [0.3, 0.4) is 0 Å². The van der Waals surface area contributed by atoms with E-state index in [0.717, 1.165) is 25.8 Å². The Labute approximate surface area is 96.5 Å². The number of alkyl halides is 3. The van der Waals surface area contributed by atoms with Gasteiger partial charge in [0.05, 0.1) is 6.04 Å². The molecule has 0 aromatic heterocycles.